The van der Waals surface area contributed by atoms with Crippen molar-refractivity contribution in [1.29, 1.82) is 0 Å². The Hall–Kier alpha value is -0.960. The van der Waals surface area contributed by atoms with E-state index in [4.69, 9.17) is 0 Å². The van der Waals surface area contributed by atoms with E-state index in [1.807, 2.05) is 11.0 Å². The number of amides is 1. The van der Waals surface area contributed by atoms with Gasteiger partial charge in [0.15, 0.2) is 0 Å². The Morgan fingerprint density at radius 2 is 1.94 bits per heavy atom. The summed E-state index contributed by atoms with van der Waals surface area (Å²) in [5, 5.41) is 0. The average Bonchev–Trinajstić information content (AvgIpc) is 2.62. The molecule has 1 aliphatic rings. The van der Waals surface area contributed by atoms with Crippen molar-refractivity contribution in [2.24, 2.45) is 0 Å². The molecule has 1 heterocycles. The first-order valence-electron chi connectivity index (χ1n) is 6.75. The number of rotatable bonds is 4. The van der Waals surface area contributed by atoms with Crippen LogP contribution < -0.4 is 0 Å². The standard InChI is InChI=1S/C15H21NOS/c17-15-9-5-2-6-10-16(15)11-14(12-18)13-7-3-1-4-8-13/h1,3-4,7-8,14,18H,2,5-6,9-12H2. The van der Waals surface area contributed by atoms with E-state index in [-0.39, 0.29) is 0 Å². The number of likely N-dealkylation sites (tertiary alicyclic amines) is 1. The molecule has 1 saturated heterocycles. The van der Waals surface area contributed by atoms with Crippen LogP contribution in [0.2, 0.25) is 0 Å². The molecule has 0 spiro atoms. The van der Waals surface area contributed by atoms with Crippen molar-refractivity contribution in [2.45, 2.75) is 31.6 Å². The van der Waals surface area contributed by atoms with Crippen molar-refractivity contribution in [2.75, 3.05) is 18.8 Å². The Morgan fingerprint density at radius 1 is 1.17 bits per heavy atom. The lowest BCUT2D eigenvalue weighted by Gasteiger charge is -2.26. The summed E-state index contributed by atoms with van der Waals surface area (Å²) >= 11 is 4.45. The van der Waals surface area contributed by atoms with Crippen molar-refractivity contribution >= 4 is 18.5 Å². The van der Waals surface area contributed by atoms with E-state index in [2.05, 4.69) is 36.9 Å². The van der Waals surface area contributed by atoms with Gasteiger partial charge in [-0.05, 0) is 24.2 Å². The summed E-state index contributed by atoms with van der Waals surface area (Å²) in [6.07, 6.45) is 4.08. The zero-order valence-corrected chi connectivity index (χ0v) is 11.6. The van der Waals surface area contributed by atoms with Crippen LogP contribution in [-0.4, -0.2) is 29.6 Å². The van der Waals surface area contributed by atoms with Gasteiger partial charge in [-0.1, -0.05) is 36.8 Å². The Labute approximate surface area is 115 Å². The van der Waals surface area contributed by atoms with Crippen LogP contribution in [0.1, 0.15) is 37.2 Å². The first-order chi connectivity index (χ1) is 8.81. The molecule has 0 N–H and O–H groups in total. The molecule has 0 saturated carbocycles. The van der Waals surface area contributed by atoms with Crippen LogP contribution >= 0.6 is 12.6 Å². The van der Waals surface area contributed by atoms with E-state index in [1.165, 1.54) is 12.0 Å². The van der Waals surface area contributed by atoms with Gasteiger partial charge >= 0.3 is 0 Å². The van der Waals surface area contributed by atoms with Crippen LogP contribution in [0, 0.1) is 0 Å². The van der Waals surface area contributed by atoms with Crippen LogP contribution in [0.15, 0.2) is 30.3 Å². The van der Waals surface area contributed by atoms with Crippen molar-refractivity contribution in [1.82, 2.24) is 4.90 Å². The number of carbonyl (C=O) groups excluding carboxylic acids is 1. The minimum Gasteiger partial charge on any atom is -0.342 e. The highest BCUT2D eigenvalue weighted by molar-refractivity contribution is 7.80. The molecule has 1 fully saturated rings. The third-order valence-corrected chi connectivity index (χ3v) is 4.04. The summed E-state index contributed by atoms with van der Waals surface area (Å²) in [4.78, 5) is 14.0. The highest BCUT2D eigenvalue weighted by atomic mass is 32.1. The minimum atomic E-state index is 0.315. The summed E-state index contributed by atoms with van der Waals surface area (Å²) < 4.78 is 0. The largest absolute Gasteiger partial charge is 0.342 e. The number of benzene rings is 1. The highest BCUT2D eigenvalue weighted by Gasteiger charge is 2.20. The molecule has 3 heteroatoms. The summed E-state index contributed by atoms with van der Waals surface area (Å²) in [5.74, 6) is 1.44. The third kappa shape index (κ3) is 3.52. The van der Waals surface area contributed by atoms with Gasteiger partial charge in [0.05, 0.1) is 0 Å². The maximum absolute atomic E-state index is 12.0. The van der Waals surface area contributed by atoms with Crippen LogP contribution in [-0.2, 0) is 4.79 Å². The summed E-state index contributed by atoms with van der Waals surface area (Å²) in [5.41, 5.74) is 1.28. The summed E-state index contributed by atoms with van der Waals surface area (Å²) in [6, 6.07) is 10.4. The Balaban J connectivity index is 2.03. The van der Waals surface area contributed by atoms with Crippen LogP contribution in [0.4, 0.5) is 0 Å². The number of hydrogen-bond donors (Lipinski definition) is 1. The topological polar surface area (TPSA) is 20.3 Å². The Morgan fingerprint density at radius 3 is 2.67 bits per heavy atom. The predicted molar refractivity (Wildman–Crippen MR) is 78.1 cm³/mol. The SMILES string of the molecule is O=C1CCCCCN1CC(CS)c1ccccc1. The highest BCUT2D eigenvalue weighted by Crippen LogP contribution is 2.21. The normalized spacial score (nSPS) is 18.5. The lowest BCUT2D eigenvalue weighted by molar-refractivity contribution is -0.130. The van der Waals surface area contributed by atoms with E-state index in [9.17, 15) is 4.79 Å². The maximum Gasteiger partial charge on any atom is 0.222 e. The molecule has 0 bridgehead atoms. The number of thiol groups is 1. The van der Waals surface area contributed by atoms with Gasteiger partial charge in [-0.2, -0.15) is 12.6 Å². The van der Waals surface area contributed by atoms with E-state index >= 15 is 0 Å². The first kappa shape index (κ1) is 13.5. The van der Waals surface area contributed by atoms with Gasteiger partial charge in [0, 0.05) is 25.4 Å². The fourth-order valence-electron chi connectivity index (χ4n) is 2.49. The molecular weight excluding hydrogens is 242 g/mol. The minimum absolute atomic E-state index is 0.315. The van der Waals surface area contributed by atoms with Gasteiger partial charge in [-0.3, -0.25) is 4.79 Å². The molecule has 0 aromatic heterocycles. The van der Waals surface area contributed by atoms with Gasteiger partial charge in [-0.25, -0.2) is 0 Å². The second kappa shape index (κ2) is 6.83. The zero-order valence-electron chi connectivity index (χ0n) is 10.7. The second-order valence-electron chi connectivity index (χ2n) is 4.94. The van der Waals surface area contributed by atoms with Crippen LogP contribution in [0.5, 0.6) is 0 Å². The maximum atomic E-state index is 12.0. The van der Waals surface area contributed by atoms with E-state index in [0.717, 1.165) is 31.7 Å². The van der Waals surface area contributed by atoms with Gasteiger partial charge < -0.3 is 4.90 Å². The quantitative estimate of drug-likeness (QED) is 0.828. The molecule has 1 amide bonds. The molecule has 1 aliphatic heterocycles. The van der Waals surface area contributed by atoms with Gasteiger partial charge in [0.2, 0.25) is 5.91 Å². The lowest BCUT2D eigenvalue weighted by atomic mass is 10.0. The molecule has 1 aromatic rings. The molecule has 1 unspecified atom stereocenters. The van der Waals surface area contributed by atoms with Crippen molar-refractivity contribution in [3.8, 4) is 0 Å². The Kier molecular flexibility index (Phi) is 5.12. The molecule has 2 nitrogen and oxygen atoms in total. The van der Waals surface area contributed by atoms with Crippen LogP contribution in [0.25, 0.3) is 0 Å². The molecule has 0 radical (unpaired) electrons. The monoisotopic (exact) mass is 263 g/mol. The fourth-order valence-corrected chi connectivity index (χ4v) is 2.82. The molecule has 2 rings (SSSR count). The summed E-state index contributed by atoms with van der Waals surface area (Å²) in [7, 11) is 0. The Bertz CT molecular complexity index is 379. The number of carbonyl (C=O) groups is 1. The second-order valence-corrected chi connectivity index (χ2v) is 5.31. The third-order valence-electron chi connectivity index (χ3n) is 3.60. The van der Waals surface area contributed by atoms with E-state index in [1.54, 1.807) is 0 Å². The number of nitrogens with zero attached hydrogens (tertiary/aromatic N) is 1. The molecular formula is C15H21NOS. The van der Waals surface area contributed by atoms with Crippen molar-refractivity contribution < 1.29 is 4.79 Å². The van der Waals surface area contributed by atoms with Crippen molar-refractivity contribution in [3.05, 3.63) is 35.9 Å². The van der Waals surface area contributed by atoms with E-state index < -0.39 is 0 Å². The predicted octanol–water partition coefficient (Wildman–Crippen LogP) is 3.10. The van der Waals surface area contributed by atoms with Gasteiger partial charge in [0.25, 0.3) is 0 Å². The van der Waals surface area contributed by atoms with Gasteiger partial charge in [0.1, 0.15) is 0 Å². The molecule has 98 valence electrons. The summed E-state index contributed by atoms with van der Waals surface area (Å²) in [6.45, 7) is 1.72. The molecule has 1 atom stereocenters. The molecule has 0 aliphatic carbocycles. The van der Waals surface area contributed by atoms with Gasteiger partial charge in [-0.15, -0.1) is 0 Å². The average molecular weight is 263 g/mol. The smallest absolute Gasteiger partial charge is 0.222 e. The first-order valence-corrected chi connectivity index (χ1v) is 7.38. The number of hydrogen-bond acceptors (Lipinski definition) is 2. The van der Waals surface area contributed by atoms with E-state index in [0.29, 0.717) is 18.2 Å². The van der Waals surface area contributed by atoms with Crippen LogP contribution in [0.3, 0.4) is 0 Å². The fraction of sp³-hybridized carbons (Fsp3) is 0.533. The zero-order chi connectivity index (χ0) is 12.8. The molecule has 18 heavy (non-hydrogen) atoms. The van der Waals surface area contributed by atoms with Crippen molar-refractivity contribution in [3.63, 3.8) is 0 Å². The molecule has 1 aromatic carbocycles. The lowest BCUT2D eigenvalue weighted by Crippen LogP contribution is -2.34.